The van der Waals surface area contributed by atoms with E-state index in [1.54, 1.807) is 24.3 Å². The van der Waals surface area contributed by atoms with Crippen LogP contribution in [0, 0.1) is 0 Å². The van der Waals surface area contributed by atoms with E-state index < -0.39 is 15.9 Å². The first-order valence-electron chi connectivity index (χ1n) is 10.7. The van der Waals surface area contributed by atoms with Crippen LogP contribution in [0.4, 0.5) is 11.4 Å². The summed E-state index contributed by atoms with van der Waals surface area (Å²) in [5.74, 6) is 0.232. The maximum atomic E-state index is 13.0. The number of nitrogens with zero attached hydrogens (tertiary/aromatic N) is 1. The number of sulfonamides is 1. The summed E-state index contributed by atoms with van der Waals surface area (Å²) in [4.78, 5) is 20.7. The molecule has 1 heterocycles. The van der Waals surface area contributed by atoms with E-state index in [2.05, 4.69) is 20.0 Å². The molecule has 5 rings (SSSR count). The molecular weight excluding hydrogens is 519 g/mol. The van der Waals surface area contributed by atoms with Gasteiger partial charge in [-0.05, 0) is 66.7 Å². The Balaban J connectivity index is 1.36. The Bertz CT molecular complexity index is 1670. The maximum absolute atomic E-state index is 13.0. The maximum Gasteiger partial charge on any atom is 0.263 e. The fraction of sp³-hybridized carbons (Fsp3) is 0. The highest BCUT2D eigenvalue weighted by Crippen LogP contribution is 2.28. The third-order valence-corrected chi connectivity index (χ3v) is 7.49. The largest absolute Gasteiger partial charge is 0.338 e. The van der Waals surface area contributed by atoms with E-state index in [9.17, 15) is 13.2 Å². The van der Waals surface area contributed by atoms with Crippen molar-refractivity contribution in [1.29, 1.82) is 0 Å². The molecule has 0 atom stereocenters. The van der Waals surface area contributed by atoms with Crippen molar-refractivity contribution in [2.24, 2.45) is 0 Å². The number of hydrogen-bond donors (Lipinski definition) is 3. The molecule has 7 nitrogen and oxygen atoms in total. The van der Waals surface area contributed by atoms with Gasteiger partial charge in [-0.25, -0.2) is 13.4 Å². The van der Waals surface area contributed by atoms with Gasteiger partial charge in [-0.15, -0.1) is 0 Å². The predicted octanol–water partition coefficient (Wildman–Crippen LogP) is 6.59. The third-order valence-electron chi connectivity index (χ3n) is 5.40. The minimum absolute atomic E-state index is 0.0124. The second kappa shape index (κ2) is 9.66. The van der Waals surface area contributed by atoms with Gasteiger partial charge in [-0.1, -0.05) is 47.5 Å². The lowest BCUT2D eigenvalue weighted by molar-refractivity contribution is 0.102. The van der Waals surface area contributed by atoms with Crippen LogP contribution < -0.4 is 10.0 Å². The Kier molecular flexibility index (Phi) is 6.40. The molecular formula is C26H18Cl2N4O3S. The van der Waals surface area contributed by atoms with E-state index in [1.807, 2.05) is 36.4 Å². The summed E-state index contributed by atoms with van der Waals surface area (Å²) in [7, 11) is -4.10. The van der Waals surface area contributed by atoms with Crippen molar-refractivity contribution in [3.05, 3.63) is 107 Å². The molecule has 0 spiro atoms. The van der Waals surface area contributed by atoms with Crippen molar-refractivity contribution >= 4 is 61.5 Å². The van der Waals surface area contributed by atoms with Crippen LogP contribution in [0.25, 0.3) is 22.4 Å². The smallest absolute Gasteiger partial charge is 0.263 e. The molecule has 0 aliphatic rings. The van der Waals surface area contributed by atoms with Gasteiger partial charge >= 0.3 is 0 Å². The number of hydrogen-bond acceptors (Lipinski definition) is 4. The van der Waals surface area contributed by atoms with Gasteiger partial charge in [-0.3, -0.25) is 9.52 Å². The fourth-order valence-corrected chi connectivity index (χ4v) is 5.50. The molecule has 0 saturated heterocycles. The Hall–Kier alpha value is -3.85. The quantitative estimate of drug-likeness (QED) is 0.227. The molecule has 36 heavy (non-hydrogen) atoms. The van der Waals surface area contributed by atoms with Gasteiger partial charge in [-0.2, -0.15) is 0 Å². The van der Waals surface area contributed by atoms with Gasteiger partial charge < -0.3 is 10.3 Å². The van der Waals surface area contributed by atoms with Crippen molar-refractivity contribution in [3.63, 3.8) is 0 Å². The predicted molar refractivity (Wildman–Crippen MR) is 143 cm³/mol. The number of carbonyl (C=O) groups is 1. The average molecular weight is 537 g/mol. The first kappa shape index (κ1) is 23.9. The highest BCUT2D eigenvalue weighted by atomic mass is 35.5. The summed E-state index contributed by atoms with van der Waals surface area (Å²) in [6.45, 7) is 0. The molecule has 180 valence electrons. The summed E-state index contributed by atoms with van der Waals surface area (Å²) >= 11 is 12.0. The van der Waals surface area contributed by atoms with Crippen LogP contribution in [-0.4, -0.2) is 24.3 Å². The van der Waals surface area contributed by atoms with E-state index >= 15 is 0 Å². The number of aromatic nitrogens is 2. The van der Waals surface area contributed by atoms with Crippen LogP contribution in [0.5, 0.6) is 0 Å². The lowest BCUT2D eigenvalue weighted by Crippen LogP contribution is -2.19. The minimum atomic E-state index is -4.10. The summed E-state index contributed by atoms with van der Waals surface area (Å²) < 4.78 is 28.3. The zero-order valence-corrected chi connectivity index (χ0v) is 20.8. The van der Waals surface area contributed by atoms with Gasteiger partial charge in [0.05, 0.1) is 27.3 Å². The standard InChI is InChI=1S/C26H18Cl2N4O3S/c27-17-11-14-20(28)24(15-17)36(34,35)32-21-6-2-1-5-19(21)26(33)29-18-12-9-16(10-13-18)25-30-22-7-3-4-8-23(22)31-25/h1-15,32H,(H,29,33)(H,30,31). The molecule has 0 aliphatic heterocycles. The molecule has 0 bridgehead atoms. The molecule has 1 aromatic heterocycles. The second-order valence-corrected chi connectivity index (χ2v) is 10.4. The molecule has 0 saturated carbocycles. The molecule has 10 heteroatoms. The molecule has 3 N–H and O–H groups in total. The molecule has 0 unspecified atom stereocenters. The van der Waals surface area contributed by atoms with Crippen molar-refractivity contribution in [2.75, 3.05) is 10.0 Å². The number of fused-ring (bicyclic) bond motifs is 1. The number of aromatic amines is 1. The minimum Gasteiger partial charge on any atom is -0.338 e. The monoisotopic (exact) mass is 536 g/mol. The number of H-pyrrole nitrogens is 1. The molecule has 4 aromatic carbocycles. The van der Waals surface area contributed by atoms with Gasteiger partial charge in [0.15, 0.2) is 0 Å². The SMILES string of the molecule is O=C(Nc1ccc(-c2nc3ccccc3[nH]2)cc1)c1ccccc1NS(=O)(=O)c1cc(Cl)ccc1Cl. The van der Waals surface area contributed by atoms with E-state index in [0.717, 1.165) is 16.6 Å². The summed E-state index contributed by atoms with van der Waals surface area (Å²) in [5, 5.41) is 3.03. The number of anilines is 2. The van der Waals surface area contributed by atoms with Crippen molar-refractivity contribution in [1.82, 2.24) is 9.97 Å². The van der Waals surface area contributed by atoms with Gasteiger partial charge in [0.2, 0.25) is 0 Å². The zero-order chi connectivity index (χ0) is 25.3. The highest BCUT2D eigenvalue weighted by molar-refractivity contribution is 7.92. The topological polar surface area (TPSA) is 104 Å². The number of benzene rings is 4. The van der Waals surface area contributed by atoms with Gasteiger partial charge in [0.1, 0.15) is 10.7 Å². The number of carbonyl (C=O) groups excluding carboxylic acids is 1. The summed E-state index contributed by atoms with van der Waals surface area (Å²) in [6.07, 6.45) is 0. The zero-order valence-electron chi connectivity index (χ0n) is 18.5. The Labute approximate surface area is 217 Å². The van der Waals surface area contributed by atoms with Crippen LogP contribution in [-0.2, 0) is 10.0 Å². The first-order valence-corrected chi connectivity index (χ1v) is 13.0. The Morgan fingerprint density at radius 2 is 1.58 bits per heavy atom. The van der Waals surface area contributed by atoms with Crippen LogP contribution in [0.2, 0.25) is 10.0 Å². The number of para-hydroxylation sites is 3. The number of halogens is 2. The van der Waals surface area contributed by atoms with E-state index in [4.69, 9.17) is 23.2 Å². The number of imidazole rings is 1. The van der Waals surface area contributed by atoms with Gasteiger partial charge in [0, 0.05) is 16.3 Å². The van der Waals surface area contributed by atoms with Crippen LogP contribution in [0.15, 0.2) is 95.9 Å². The normalized spacial score (nSPS) is 11.4. The lowest BCUT2D eigenvalue weighted by Gasteiger charge is -2.14. The molecule has 0 radical (unpaired) electrons. The van der Waals surface area contributed by atoms with E-state index in [0.29, 0.717) is 11.5 Å². The van der Waals surface area contributed by atoms with E-state index in [1.165, 1.54) is 30.3 Å². The summed E-state index contributed by atoms with van der Waals surface area (Å²) in [5.41, 5.74) is 3.43. The second-order valence-electron chi connectivity index (χ2n) is 7.86. The molecule has 0 aliphatic carbocycles. The van der Waals surface area contributed by atoms with Crippen molar-refractivity contribution in [2.45, 2.75) is 4.90 Å². The van der Waals surface area contributed by atoms with Crippen molar-refractivity contribution < 1.29 is 13.2 Å². The Morgan fingerprint density at radius 1 is 0.861 bits per heavy atom. The summed E-state index contributed by atoms with van der Waals surface area (Å²) in [6, 6.07) is 25.3. The molecule has 1 amide bonds. The molecule has 5 aromatic rings. The number of amides is 1. The van der Waals surface area contributed by atoms with E-state index in [-0.39, 0.29) is 26.2 Å². The fourth-order valence-electron chi connectivity index (χ4n) is 3.65. The highest BCUT2D eigenvalue weighted by Gasteiger charge is 2.21. The van der Waals surface area contributed by atoms with Crippen molar-refractivity contribution in [3.8, 4) is 11.4 Å². The van der Waals surface area contributed by atoms with Crippen LogP contribution in [0.1, 0.15) is 10.4 Å². The van der Waals surface area contributed by atoms with Crippen LogP contribution in [0.3, 0.4) is 0 Å². The first-order chi connectivity index (χ1) is 17.3. The number of rotatable bonds is 6. The third kappa shape index (κ3) is 4.92. The number of nitrogens with one attached hydrogen (secondary N) is 3. The lowest BCUT2D eigenvalue weighted by atomic mass is 10.1. The van der Waals surface area contributed by atoms with Gasteiger partial charge in [0.25, 0.3) is 15.9 Å². The average Bonchev–Trinajstić information content (AvgIpc) is 3.30. The Morgan fingerprint density at radius 3 is 2.36 bits per heavy atom. The van der Waals surface area contributed by atoms with Crippen LogP contribution >= 0.6 is 23.2 Å². The molecule has 0 fully saturated rings.